The van der Waals surface area contributed by atoms with E-state index in [1.807, 2.05) is 12.3 Å². The van der Waals surface area contributed by atoms with E-state index in [0.29, 0.717) is 0 Å². The van der Waals surface area contributed by atoms with Crippen molar-refractivity contribution in [2.24, 2.45) is 0 Å². The summed E-state index contributed by atoms with van der Waals surface area (Å²) in [5.74, 6) is 1.16. The van der Waals surface area contributed by atoms with Gasteiger partial charge < -0.3 is 22.6 Å². The van der Waals surface area contributed by atoms with Crippen molar-refractivity contribution in [1.29, 1.82) is 0 Å². The third kappa shape index (κ3) is 2.49. The molecule has 5 heteroatoms. The van der Waals surface area contributed by atoms with Gasteiger partial charge in [0.1, 0.15) is 5.82 Å². The Morgan fingerprint density at radius 2 is 1.83 bits per heavy atom. The Morgan fingerprint density at radius 1 is 1.11 bits per heavy atom. The maximum Gasteiger partial charge on any atom is 0.132 e. The van der Waals surface area contributed by atoms with Crippen molar-refractivity contribution < 1.29 is 17.7 Å². The van der Waals surface area contributed by atoms with Crippen LogP contribution in [0.1, 0.15) is 0 Å². The van der Waals surface area contributed by atoms with E-state index in [9.17, 15) is 0 Å². The number of aromatic nitrogens is 2. The van der Waals surface area contributed by atoms with Crippen molar-refractivity contribution in [3.05, 3.63) is 36.5 Å². The van der Waals surface area contributed by atoms with E-state index in [0.717, 1.165) is 32.0 Å². The number of nitrogens with two attached hydrogens (primary N) is 1. The number of aromatic amines is 1. The van der Waals surface area contributed by atoms with Crippen LogP contribution in [-0.4, -0.2) is 36.4 Å². The van der Waals surface area contributed by atoms with Gasteiger partial charge in [-0.3, -0.25) is 5.10 Å². The Morgan fingerprint density at radius 3 is 2.56 bits per heavy atom. The van der Waals surface area contributed by atoms with Crippen molar-refractivity contribution in [1.82, 2.24) is 10.2 Å². The minimum absolute atomic E-state index is 0. The fourth-order valence-corrected chi connectivity index (χ4v) is 2.32. The summed E-state index contributed by atoms with van der Waals surface area (Å²) in [6.45, 7) is 4.49. The second kappa shape index (κ2) is 5.89. The molecule has 2 heterocycles. The summed E-state index contributed by atoms with van der Waals surface area (Å²) in [5.41, 5.74) is 2.43. The monoisotopic (exact) mass is 264 g/mol. The third-order valence-electron chi connectivity index (χ3n) is 3.23. The highest BCUT2D eigenvalue weighted by atomic mass is 35.5. The number of nitrogens with one attached hydrogen (secondary N) is 1. The minimum atomic E-state index is 0. The quantitative estimate of drug-likeness (QED) is 0.628. The number of piperazine rings is 1. The van der Waals surface area contributed by atoms with Crippen LogP contribution in [0.2, 0.25) is 0 Å². The van der Waals surface area contributed by atoms with E-state index in [1.165, 1.54) is 11.1 Å². The molecule has 1 aliphatic rings. The molecule has 18 heavy (non-hydrogen) atoms. The molecule has 4 nitrogen and oxygen atoms in total. The molecule has 2 aromatic rings. The van der Waals surface area contributed by atoms with E-state index in [-0.39, 0.29) is 12.4 Å². The fraction of sp³-hybridized carbons (Fsp3) is 0.308. The molecule has 0 amide bonds. The van der Waals surface area contributed by atoms with Crippen molar-refractivity contribution in [3.63, 3.8) is 0 Å². The van der Waals surface area contributed by atoms with Crippen LogP contribution in [0.4, 0.5) is 5.82 Å². The van der Waals surface area contributed by atoms with Crippen molar-refractivity contribution >= 4 is 5.82 Å². The van der Waals surface area contributed by atoms with Crippen LogP contribution in [0, 0.1) is 0 Å². The molecule has 1 saturated heterocycles. The number of H-pyrrole nitrogens is 1. The number of hydrogen-bond donors (Lipinski definition) is 2. The van der Waals surface area contributed by atoms with E-state index in [2.05, 4.69) is 44.7 Å². The highest BCUT2D eigenvalue weighted by Gasteiger charge is 2.18. The van der Waals surface area contributed by atoms with Gasteiger partial charge in [0, 0.05) is 5.56 Å². The summed E-state index contributed by atoms with van der Waals surface area (Å²) in [4.78, 5) is 2.38. The standard InChI is InChI=1S/C13H16N4.ClH/c1-2-4-11(5-3-1)12-10-15-16-13(12)17-8-6-14-7-9-17;/h1-5,10,14H,6-9H2,(H,15,16);1H. The average molecular weight is 265 g/mol. The molecule has 0 saturated carbocycles. The van der Waals surface area contributed by atoms with Crippen molar-refractivity contribution in [2.45, 2.75) is 0 Å². The summed E-state index contributed by atoms with van der Waals surface area (Å²) in [7, 11) is 0. The molecule has 0 radical (unpaired) electrons. The zero-order valence-electron chi connectivity index (χ0n) is 10.1. The van der Waals surface area contributed by atoms with Crippen LogP contribution in [0.15, 0.2) is 36.5 Å². The molecule has 0 atom stereocenters. The lowest BCUT2D eigenvalue weighted by Gasteiger charge is -2.26. The minimum Gasteiger partial charge on any atom is -1.00 e. The topological polar surface area (TPSA) is 48.5 Å². The van der Waals surface area contributed by atoms with Crippen LogP contribution in [0.25, 0.3) is 11.1 Å². The number of hydrogen-bond acceptors (Lipinski definition) is 2. The van der Waals surface area contributed by atoms with E-state index >= 15 is 0 Å². The molecule has 0 unspecified atom stereocenters. The molecule has 1 aliphatic heterocycles. The molecular formula is C13H17ClN4. The highest BCUT2D eigenvalue weighted by Crippen LogP contribution is 2.28. The second-order valence-corrected chi connectivity index (χ2v) is 4.35. The van der Waals surface area contributed by atoms with Gasteiger partial charge in [0.15, 0.2) is 0 Å². The summed E-state index contributed by atoms with van der Waals surface area (Å²) < 4.78 is 0. The van der Waals surface area contributed by atoms with E-state index in [4.69, 9.17) is 0 Å². The largest absolute Gasteiger partial charge is 1.00 e. The summed E-state index contributed by atoms with van der Waals surface area (Å²) >= 11 is 0. The summed E-state index contributed by atoms with van der Waals surface area (Å²) in [5, 5.41) is 9.69. The van der Waals surface area contributed by atoms with Crippen LogP contribution >= 0.6 is 0 Å². The van der Waals surface area contributed by atoms with Crippen LogP contribution in [-0.2, 0) is 0 Å². The van der Waals surface area contributed by atoms with Gasteiger partial charge in [-0.15, -0.1) is 0 Å². The first-order valence-corrected chi connectivity index (χ1v) is 6.10. The Labute approximate surface area is 113 Å². The Balaban J connectivity index is 0.00000120. The second-order valence-electron chi connectivity index (χ2n) is 4.35. The molecule has 0 bridgehead atoms. The Bertz CT molecular complexity index is 477. The smallest absolute Gasteiger partial charge is 0.132 e. The third-order valence-corrected chi connectivity index (χ3v) is 3.23. The number of anilines is 1. The first-order valence-electron chi connectivity index (χ1n) is 6.10. The first kappa shape index (κ1) is 12.9. The van der Waals surface area contributed by atoms with Gasteiger partial charge in [-0.05, 0) is 5.56 Å². The van der Waals surface area contributed by atoms with Crippen LogP contribution < -0.4 is 22.6 Å². The maximum absolute atomic E-state index is 4.20. The number of quaternary nitrogens is 1. The first-order chi connectivity index (χ1) is 8.45. The number of rotatable bonds is 2. The number of benzene rings is 1. The van der Waals surface area contributed by atoms with Gasteiger partial charge in [0.2, 0.25) is 0 Å². The highest BCUT2D eigenvalue weighted by molar-refractivity contribution is 5.75. The molecule has 0 aliphatic carbocycles. The van der Waals surface area contributed by atoms with E-state index in [1.54, 1.807) is 0 Å². The van der Waals surface area contributed by atoms with Gasteiger partial charge in [0.25, 0.3) is 0 Å². The zero-order chi connectivity index (χ0) is 11.5. The van der Waals surface area contributed by atoms with Gasteiger partial charge in [-0.25, -0.2) is 0 Å². The molecular weight excluding hydrogens is 248 g/mol. The SMILES string of the molecule is [Cl-].c1ccc(-c2cn[nH]c2N2CC[NH2+]CC2)cc1. The maximum atomic E-state index is 4.20. The predicted octanol–water partition coefficient (Wildman–Crippen LogP) is -2.54. The van der Waals surface area contributed by atoms with Crippen LogP contribution in [0.3, 0.4) is 0 Å². The summed E-state index contributed by atoms with van der Waals surface area (Å²) in [6, 6.07) is 10.4. The molecule has 3 rings (SSSR count). The fourth-order valence-electron chi connectivity index (χ4n) is 2.32. The normalized spacial score (nSPS) is 15.2. The molecule has 3 N–H and O–H groups in total. The predicted molar refractivity (Wildman–Crippen MR) is 67.9 cm³/mol. The van der Waals surface area contributed by atoms with Gasteiger partial charge in [-0.2, -0.15) is 5.10 Å². The van der Waals surface area contributed by atoms with Crippen molar-refractivity contribution in [2.75, 3.05) is 31.1 Å². The lowest BCUT2D eigenvalue weighted by molar-refractivity contribution is -0.655. The van der Waals surface area contributed by atoms with Gasteiger partial charge in [0.05, 0.1) is 32.4 Å². The zero-order valence-corrected chi connectivity index (χ0v) is 10.9. The molecule has 1 aromatic carbocycles. The van der Waals surface area contributed by atoms with Gasteiger partial charge in [-0.1, -0.05) is 30.3 Å². The molecule has 0 spiro atoms. The Hall–Kier alpha value is -1.52. The Kier molecular flexibility index (Phi) is 4.23. The lowest BCUT2D eigenvalue weighted by atomic mass is 10.1. The van der Waals surface area contributed by atoms with Gasteiger partial charge >= 0.3 is 0 Å². The van der Waals surface area contributed by atoms with E-state index < -0.39 is 0 Å². The summed E-state index contributed by atoms with van der Waals surface area (Å²) in [6.07, 6.45) is 1.92. The number of nitrogens with zero attached hydrogens (tertiary/aromatic N) is 2. The number of halogens is 1. The molecule has 1 fully saturated rings. The average Bonchev–Trinajstić information content (AvgIpc) is 2.90. The molecule has 1 aromatic heterocycles. The van der Waals surface area contributed by atoms with Crippen LogP contribution in [0.5, 0.6) is 0 Å². The molecule has 96 valence electrons. The van der Waals surface area contributed by atoms with Crippen molar-refractivity contribution in [3.8, 4) is 11.1 Å². The lowest BCUT2D eigenvalue weighted by Crippen LogP contribution is -3.00.